The largest absolute Gasteiger partial charge is 0.493 e. The minimum atomic E-state index is -0.443. The van der Waals surface area contributed by atoms with E-state index in [0.29, 0.717) is 23.7 Å². The van der Waals surface area contributed by atoms with Crippen molar-refractivity contribution in [1.82, 2.24) is 10.9 Å². The second-order valence-electron chi connectivity index (χ2n) is 5.76. The first kappa shape index (κ1) is 20.0. The summed E-state index contributed by atoms with van der Waals surface area (Å²) in [6.45, 7) is 2.73. The molecule has 2 rings (SSSR count). The number of carbonyl (C=O) groups is 2. The number of nitrogens with one attached hydrogen (secondary N) is 2. The number of hydrogen-bond donors (Lipinski definition) is 2. The predicted molar refractivity (Wildman–Crippen MR) is 104 cm³/mol. The lowest BCUT2D eigenvalue weighted by Gasteiger charge is -2.11. The minimum Gasteiger partial charge on any atom is -0.493 e. The quantitative estimate of drug-likeness (QED) is 0.426. The zero-order valence-corrected chi connectivity index (χ0v) is 15.5. The Kier molecular flexibility index (Phi) is 7.91. The van der Waals surface area contributed by atoms with Gasteiger partial charge in [-0.1, -0.05) is 37.6 Å². The number of rotatable bonds is 8. The van der Waals surface area contributed by atoms with E-state index in [1.165, 1.54) is 6.08 Å². The molecule has 0 bridgehead atoms. The molecule has 2 aromatic carbocycles. The van der Waals surface area contributed by atoms with Crippen molar-refractivity contribution in [3.05, 3.63) is 65.7 Å². The van der Waals surface area contributed by atoms with E-state index in [-0.39, 0.29) is 5.91 Å². The van der Waals surface area contributed by atoms with Crippen molar-refractivity contribution >= 4 is 17.9 Å². The summed E-state index contributed by atoms with van der Waals surface area (Å²) in [6.07, 6.45) is 4.98. The molecule has 0 atom stereocenters. The molecule has 142 valence electrons. The Morgan fingerprint density at radius 1 is 1.04 bits per heavy atom. The number of carbonyl (C=O) groups excluding carboxylic acids is 2. The van der Waals surface area contributed by atoms with Crippen molar-refractivity contribution < 1.29 is 19.1 Å². The van der Waals surface area contributed by atoms with Crippen LogP contribution >= 0.6 is 0 Å². The van der Waals surface area contributed by atoms with Crippen LogP contribution in [0.15, 0.2) is 54.6 Å². The average Bonchev–Trinajstić information content (AvgIpc) is 2.71. The molecule has 0 aliphatic rings. The number of hydrazine groups is 1. The summed E-state index contributed by atoms with van der Waals surface area (Å²) in [7, 11) is 1.57. The Hall–Kier alpha value is -3.28. The van der Waals surface area contributed by atoms with E-state index in [1.807, 2.05) is 18.2 Å². The molecule has 0 unspecified atom stereocenters. The molecular formula is C21H24N2O4. The van der Waals surface area contributed by atoms with Gasteiger partial charge in [-0.05, 0) is 42.3 Å². The van der Waals surface area contributed by atoms with Crippen LogP contribution in [0.2, 0.25) is 0 Å². The number of benzene rings is 2. The van der Waals surface area contributed by atoms with E-state index in [2.05, 4.69) is 17.8 Å². The fourth-order valence-electron chi connectivity index (χ4n) is 2.23. The molecule has 0 aromatic heterocycles. The third kappa shape index (κ3) is 6.51. The molecule has 2 aromatic rings. The number of hydrogen-bond acceptors (Lipinski definition) is 4. The highest BCUT2D eigenvalue weighted by Gasteiger charge is 2.06. The van der Waals surface area contributed by atoms with Crippen LogP contribution in [-0.4, -0.2) is 25.5 Å². The SMILES string of the molecule is CCCCOc1ccc(/C=C/C(=O)NNC(=O)c2ccccc2)cc1OC. The molecule has 0 saturated heterocycles. The highest BCUT2D eigenvalue weighted by Crippen LogP contribution is 2.28. The Bertz CT molecular complexity index is 788. The molecule has 0 aliphatic carbocycles. The van der Waals surface area contributed by atoms with Gasteiger partial charge < -0.3 is 9.47 Å². The van der Waals surface area contributed by atoms with Crippen LogP contribution in [0.3, 0.4) is 0 Å². The van der Waals surface area contributed by atoms with Crippen molar-refractivity contribution in [2.75, 3.05) is 13.7 Å². The number of amides is 2. The van der Waals surface area contributed by atoms with Crippen molar-refractivity contribution in [2.45, 2.75) is 19.8 Å². The van der Waals surface area contributed by atoms with Gasteiger partial charge in [-0.2, -0.15) is 0 Å². The normalized spacial score (nSPS) is 10.4. The Morgan fingerprint density at radius 2 is 1.81 bits per heavy atom. The summed E-state index contributed by atoms with van der Waals surface area (Å²) < 4.78 is 11.0. The molecule has 0 heterocycles. The molecule has 6 nitrogen and oxygen atoms in total. The summed E-state index contributed by atoms with van der Waals surface area (Å²) >= 11 is 0. The van der Waals surface area contributed by atoms with E-state index in [0.717, 1.165) is 18.4 Å². The number of ether oxygens (including phenoxy) is 2. The van der Waals surface area contributed by atoms with Crippen molar-refractivity contribution in [3.63, 3.8) is 0 Å². The molecule has 0 fully saturated rings. The smallest absolute Gasteiger partial charge is 0.269 e. The van der Waals surface area contributed by atoms with Gasteiger partial charge in [0.25, 0.3) is 11.8 Å². The monoisotopic (exact) mass is 368 g/mol. The Balaban J connectivity index is 1.90. The molecule has 27 heavy (non-hydrogen) atoms. The summed E-state index contributed by atoms with van der Waals surface area (Å²) in [6, 6.07) is 14.1. The third-order valence-corrected chi connectivity index (χ3v) is 3.71. The van der Waals surface area contributed by atoms with E-state index in [1.54, 1.807) is 43.5 Å². The molecule has 2 N–H and O–H groups in total. The maximum Gasteiger partial charge on any atom is 0.269 e. The van der Waals surface area contributed by atoms with Crippen LogP contribution in [0, 0.1) is 0 Å². The van der Waals surface area contributed by atoms with Crippen LogP contribution in [0.4, 0.5) is 0 Å². The standard InChI is InChI=1S/C21H24N2O4/c1-3-4-14-27-18-12-10-16(15-19(18)26-2)11-13-20(24)22-23-21(25)17-8-6-5-7-9-17/h5-13,15H,3-4,14H2,1-2H3,(H,22,24)(H,23,25)/b13-11+. The third-order valence-electron chi connectivity index (χ3n) is 3.71. The molecule has 0 aliphatic heterocycles. The summed E-state index contributed by atoms with van der Waals surface area (Å²) in [5, 5.41) is 0. The fourth-order valence-corrected chi connectivity index (χ4v) is 2.23. The Morgan fingerprint density at radius 3 is 2.52 bits per heavy atom. The van der Waals surface area contributed by atoms with Crippen LogP contribution in [-0.2, 0) is 4.79 Å². The van der Waals surface area contributed by atoms with Gasteiger partial charge in [-0.3, -0.25) is 20.4 Å². The molecule has 0 saturated carbocycles. The first-order valence-corrected chi connectivity index (χ1v) is 8.78. The van der Waals surface area contributed by atoms with Gasteiger partial charge in [-0.25, -0.2) is 0 Å². The van der Waals surface area contributed by atoms with Crippen molar-refractivity contribution in [2.24, 2.45) is 0 Å². The van der Waals surface area contributed by atoms with Crippen LogP contribution < -0.4 is 20.3 Å². The van der Waals surface area contributed by atoms with Gasteiger partial charge in [0.05, 0.1) is 13.7 Å². The lowest BCUT2D eigenvalue weighted by molar-refractivity contribution is -0.117. The minimum absolute atomic E-state index is 0.382. The van der Waals surface area contributed by atoms with Gasteiger partial charge >= 0.3 is 0 Å². The van der Waals surface area contributed by atoms with E-state index in [9.17, 15) is 9.59 Å². The van der Waals surface area contributed by atoms with E-state index >= 15 is 0 Å². The maximum absolute atomic E-state index is 11.9. The van der Waals surface area contributed by atoms with Gasteiger partial charge in [0.1, 0.15) is 0 Å². The number of methoxy groups -OCH3 is 1. The topological polar surface area (TPSA) is 76.7 Å². The summed E-state index contributed by atoms with van der Waals surface area (Å²) in [4.78, 5) is 23.8. The second-order valence-corrected chi connectivity index (χ2v) is 5.76. The molecular weight excluding hydrogens is 344 g/mol. The Labute approximate surface area is 159 Å². The predicted octanol–water partition coefficient (Wildman–Crippen LogP) is 3.35. The first-order chi connectivity index (χ1) is 13.1. The van der Waals surface area contributed by atoms with Gasteiger partial charge in [0.2, 0.25) is 0 Å². The number of unbranched alkanes of at least 4 members (excludes halogenated alkanes) is 1. The molecule has 6 heteroatoms. The first-order valence-electron chi connectivity index (χ1n) is 8.78. The fraction of sp³-hybridized carbons (Fsp3) is 0.238. The lowest BCUT2D eigenvalue weighted by Crippen LogP contribution is -2.40. The zero-order valence-electron chi connectivity index (χ0n) is 15.5. The second kappa shape index (κ2) is 10.7. The maximum atomic E-state index is 11.9. The molecule has 2 amide bonds. The summed E-state index contributed by atoms with van der Waals surface area (Å²) in [5.74, 6) is 0.447. The lowest BCUT2D eigenvalue weighted by atomic mass is 10.2. The van der Waals surface area contributed by atoms with Crippen molar-refractivity contribution in [1.29, 1.82) is 0 Å². The highest BCUT2D eigenvalue weighted by molar-refractivity contribution is 5.97. The van der Waals surface area contributed by atoms with E-state index < -0.39 is 5.91 Å². The van der Waals surface area contributed by atoms with Gasteiger partial charge in [-0.15, -0.1) is 0 Å². The van der Waals surface area contributed by atoms with Gasteiger partial charge in [0.15, 0.2) is 11.5 Å². The average molecular weight is 368 g/mol. The summed E-state index contributed by atoms with van der Waals surface area (Å²) in [5.41, 5.74) is 5.95. The zero-order chi connectivity index (χ0) is 19.5. The van der Waals surface area contributed by atoms with Crippen molar-refractivity contribution in [3.8, 4) is 11.5 Å². The molecule has 0 radical (unpaired) electrons. The van der Waals surface area contributed by atoms with Crippen LogP contribution in [0.5, 0.6) is 11.5 Å². The van der Waals surface area contributed by atoms with E-state index in [4.69, 9.17) is 9.47 Å². The highest BCUT2D eigenvalue weighted by atomic mass is 16.5. The van der Waals surface area contributed by atoms with Crippen LogP contribution in [0.1, 0.15) is 35.7 Å². The van der Waals surface area contributed by atoms with Crippen LogP contribution in [0.25, 0.3) is 6.08 Å². The van der Waals surface area contributed by atoms with Gasteiger partial charge in [0, 0.05) is 11.6 Å². The molecule has 0 spiro atoms.